The molecule has 2 aliphatic carbocycles. The van der Waals surface area contributed by atoms with Crippen molar-refractivity contribution in [3.8, 4) is 0 Å². The van der Waals surface area contributed by atoms with Gasteiger partial charge in [-0.25, -0.2) is 0 Å². The van der Waals surface area contributed by atoms with Crippen LogP contribution < -0.4 is 4.57 Å². The van der Waals surface area contributed by atoms with Gasteiger partial charge in [0, 0.05) is 23.6 Å². The van der Waals surface area contributed by atoms with Gasteiger partial charge in [-0.15, -0.1) is 0 Å². The molecule has 23 heavy (non-hydrogen) atoms. The fourth-order valence-electron chi connectivity index (χ4n) is 4.93. The Morgan fingerprint density at radius 3 is 2.74 bits per heavy atom. The van der Waals surface area contributed by atoms with Crippen molar-refractivity contribution in [2.45, 2.75) is 57.9 Å². The molecule has 2 aliphatic rings. The summed E-state index contributed by atoms with van der Waals surface area (Å²) >= 11 is 0. The first kappa shape index (κ1) is 14.9. The van der Waals surface area contributed by atoms with Crippen molar-refractivity contribution in [3.63, 3.8) is 0 Å². The Bertz CT molecular complexity index is 661. The van der Waals surface area contributed by atoms with Crippen LogP contribution in [0.1, 0.15) is 61.8 Å². The van der Waals surface area contributed by atoms with Crippen LogP contribution in [-0.4, -0.2) is 0 Å². The Hall–Kier alpha value is -1.63. The number of fused-ring (bicyclic) bond motifs is 3. The molecule has 4 rings (SSSR count). The lowest BCUT2D eigenvalue weighted by molar-refractivity contribution is -0.695. The normalized spacial score (nSPS) is 25.3. The molecule has 0 saturated heterocycles. The largest absolute Gasteiger partial charge is 0.198 e. The van der Waals surface area contributed by atoms with E-state index in [0.717, 1.165) is 24.3 Å². The van der Waals surface area contributed by atoms with E-state index in [4.69, 9.17) is 0 Å². The second-order valence-corrected chi connectivity index (χ2v) is 7.57. The summed E-state index contributed by atoms with van der Waals surface area (Å²) in [4.78, 5) is 0. The van der Waals surface area contributed by atoms with Crippen LogP contribution >= 0.6 is 0 Å². The zero-order valence-electron chi connectivity index (χ0n) is 14.2. The molecule has 1 fully saturated rings. The number of pyridine rings is 1. The Kier molecular flexibility index (Phi) is 4.20. The van der Waals surface area contributed by atoms with Gasteiger partial charge in [0.15, 0.2) is 18.4 Å². The van der Waals surface area contributed by atoms with Crippen molar-refractivity contribution < 1.29 is 4.57 Å². The van der Waals surface area contributed by atoms with Crippen LogP contribution in [0.3, 0.4) is 0 Å². The highest BCUT2D eigenvalue weighted by Crippen LogP contribution is 2.50. The molecule has 3 atom stereocenters. The van der Waals surface area contributed by atoms with E-state index in [-0.39, 0.29) is 0 Å². The monoisotopic (exact) mass is 306 g/mol. The minimum Gasteiger partial charge on any atom is -0.198 e. The topological polar surface area (TPSA) is 3.88 Å². The number of rotatable bonds is 5. The van der Waals surface area contributed by atoms with E-state index < -0.39 is 0 Å². The zero-order chi connectivity index (χ0) is 15.6. The van der Waals surface area contributed by atoms with Crippen LogP contribution in [-0.2, 0) is 13.0 Å². The molecule has 0 unspecified atom stereocenters. The van der Waals surface area contributed by atoms with Gasteiger partial charge in [-0.1, -0.05) is 56.5 Å². The van der Waals surface area contributed by atoms with E-state index in [0.29, 0.717) is 0 Å². The predicted molar refractivity (Wildman–Crippen MR) is 94.4 cm³/mol. The molecule has 0 radical (unpaired) electrons. The summed E-state index contributed by atoms with van der Waals surface area (Å²) in [5.41, 5.74) is 4.68. The lowest BCUT2D eigenvalue weighted by Crippen LogP contribution is -2.38. The quantitative estimate of drug-likeness (QED) is 0.693. The average Bonchev–Trinajstić information content (AvgIpc) is 3.12. The van der Waals surface area contributed by atoms with Crippen LogP contribution in [0.2, 0.25) is 0 Å². The van der Waals surface area contributed by atoms with Crippen molar-refractivity contribution in [2.24, 2.45) is 11.8 Å². The molecule has 0 amide bonds. The summed E-state index contributed by atoms with van der Waals surface area (Å²) < 4.78 is 2.50. The molecule has 0 aliphatic heterocycles. The number of benzene rings is 1. The number of hydrogen-bond donors (Lipinski definition) is 0. The molecule has 0 spiro atoms. The molecular weight excluding hydrogens is 278 g/mol. The van der Waals surface area contributed by atoms with E-state index in [2.05, 4.69) is 60.2 Å². The Morgan fingerprint density at radius 2 is 1.91 bits per heavy atom. The second kappa shape index (κ2) is 6.47. The molecular formula is C22H28N+. The minimum atomic E-state index is 0.843. The molecule has 0 bridgehead atoms. The van der Waals surface area contributed by atoms with Crippen molar-refractivity contribution in [3.05, 3.63) is 65.5 Å². The summed E-state index contributed by atoms with van der Waals surface area (Å²) in [5.74, 6) is 2.74. The smallest absolute Gasteiger partial charge is 0.185 e. The first-order valence-corrected chi connectivity index (χ1v) is 9.40. The number of hydrogen-bond acceptors (Lipinski definition) is 0. The molecule has 1 heterocycles. The lowest BCUT2D eigenvalue weighted by atomic mass is 9.95. The van der Waals surface area contributed by atoms with Gasteiger partial charge in [-0.05, 0) is 36.7 Å². The second-order valence-electron chi connectivity index (χ2n) is 7.57. The molecule has 1 aromatic carbocycles. The molecule has 1 heteroatoms. The standard InChI is InChI=1S/C22H28N/c1-2-3-8-18-13-19-15-22-20(21(19)14-18)11-7-12-23(22)16-17-9-5-4-6-10-17/h4-7,9-12,18-19,21H,2-3,8,13-16H2,1H3/q+1/t18-,19-,21-/m1/s1. The third-order valence-electron chi connectivity index (χ3n) is 6.03. The van der Waals surface area contributed by atoms with Gasteiger partial charge >= 0.3 is 0 Å². The average molecular weight is 306 g/mol. The lowest BCUT2D eigenvalue weighted by Gasteiger charge is -2.11. The highest BCUT2D eigenvalue weighted by Gasteiger charge is 2.44. The van der Waals surface area contributed by atoms with Gasteiger partial charge in [0.05, 0.1) is 0 Å². The maximum absolute atomic E-state index is 2.50. The van der Waals surface area contributed by atoms with E-state index >= 15 is 0 Å². The fraction of sp³-hybridized carbons (Fsp3) is 0.500. The summed E-state index contributed by atoms with van der Waals surface area (Å²) in [6.07, 6.45) is 10.7. The van der Waals surface area contributed by atoms with Crippen molar-refractivity contribution in [1.82, 2.24) is 0 Å². The van der Waals surface area contributed by atoms with Crippen molar-refractivity contribution in [2.75, 3.05) is 0 Å². The van der Waals surface area contributed by atoms with Gasteiger partial charge in [0.25, 0.3) is 0 Å². The maximum Gasteiger partial charge on any atom is 0.185 e. The highest BCUT2D eigenvalue weighted by atomic mass is 15.0. The van der Waals surface area contributed by atoms with Crippen LogP contribution in [0.5, 0.6) is 0 Å². The fourth-order valence-corrected chi connectivity index (χ4v) is 4.93. The van der Waals surface area contributed by atoms with E-state index in [1.807, 2.05) is 0 Å². The van der Waals surface area contributed by atoms with Gasteiger partial charge in [0.1, 0.15) is 0 Å². The van der Waals surface area contributed by atoms with Crippen LogP contribution in [0.4, 0.5) is 0 Å². The SMILES string of the molecule is CCCC[C@@H]1C[C@@H]2Cc3c(ccc[n+]3Cc3ccccc3)[C@@H]2C1. The molecule has 0 N–H and O–H groups in total. The number of unbranched alkanes of at least 4 members (excludes halogenated alkanes) is 1. The molecule has 1 nitrogen and oxygen atoms in total. The molecule has 2 aromatic rings. The predicted octanol–water partition coefficient (Wildman–Crippen LogP) is 4.88. The Morgan fingerprint density at radius 1 is 1.04 bits per heavy atom. The maximum atomic E-state index is 2.50. The Labute approximate surface area is 140 Å². The van der Waals surface area contributed by atoms with Crippen molar-refractivity contribution in [1.29, 1.82) is 0 Å². The van der Waals surface area contributed by atoms with Crippen molar-refractivity contribution >= 4 is 0 Å². The summed E-state index contributed by atoms with van der Waals surface area (Å²) in [7, 11) is 0. The minimum absolute atomic E-state index is 0.843. The van der Waals surface area contributed by atoms with Gasteiger partial charge < -0.3 is 0 Å². The number of nitrogens with zero attached hydrogens (tertiary/aromatic N) is 1. The van der Waals surface area contributed by atoms with Gasteiger partial charge in [-0.2, -0.15) is 4.57 Å². The van der Waals surface area contributed by atoms with E-state index in [9.17, 15) is 0 Å². The summed E-state index contributed by atoms with van der Waals surface area (Å²) in [6, 6.07) is 15.5. The molecule has 1 saturated carbocycles. The third-order valence-corrected chi connectivity index (χ3v) is 6.03. The molecule has 1 aromatic heterocycles. The van der Waals surface area contributed by atoms with Crippen LogP contribution in [0.15, 0.2) is 48.7 Å². The third kappa shape index (κ3) is 2.94. The van der Waals surface area contributed by atoms with Crippen LogP contribution in [0, 0.1) is 11.8 Å². The van der Waals surface area contributed by atoms with Gasteiger partial charge in [-0.3, -0.25) is 0 Å². The number of aromatic nitrogens is 1. The van der Waals surface area contributed by atoms with Gasteiger partial charge in [0.2, 0.25) is 0 Å². The van der Waals surface area contributed by atoms with E-state index in [1.165, 1.54) is 44.1 Å². The highest BCUT2D eigenvalue weighted by molar-refractivity contribution is 5.30. The molecule has 120 valence electrons. The first-order valence-electron chi connectivity index (χ1n) is 9.40. The zero-order valence-corrected chi connectivity index (χ0v) is 14.2. The summed E-state index contributed by atoms with van der Waals surface area (Å²) in [5, 5.41) is 0. The summed E-state index contributed by atoms with van der Waals surface area (Å²) in [6.45, 7) is 3.33. The first-order chi connectivity index (χ1) is 11.3. The Balaban J connectivity index is 1.54. The van der Waals surface area contributed by atoms with E-state index in [1.54, 1.807) is 11.3 Å². The van der Waals surface area contributed by atoms with Crippen LogP contribution in [0.25, 0.3) is 0 Å².